The van der Waals surface area contributed by atoms with E-state index >= 15 is 0 Å². The van der Waals surface area contributed by atoms with Gasteiger partial charge in [-0.1, -0.05) is 164 Å². The second-order valence-electron chi connectivity index (χ2n) is 18.1. The molecule has 2 aromatic carbocycles. The Balaban J connectivity index is 0. The van der Waals surface area contributed by atoms with Crippen LogP contribution in [0.15, 0.2) is 60.7 Å². The molecular weight excluding hydrogens is 862 g/mol. The maximum atomic E-state index is 4.85. The van der Waals surface area contributed by atoms with Crippen molar-refractivity contribution in [3.63, 3.8) is 0 Å². The van der Waals surface area contributed by atoms with Gasteiger partial charge in [-0.25, -0.2) is 0 Å². The predicted octanol–water partition coefficient (Wildman–Crippen LogP) is 16.6. The van der Waals surface area contributed by atoms with Gasteiger partial charge in [0.1, 0.15) is 0 Å². The average molecular weight is 941 g/mol. The minimum atomic E-state index is -0.861. The summed E-state index contributed by atoms with van der Waals surface area (Å²) in [5, 5.41) is 0.690. The van der Waals surface area contributed by atoms with Gasteiger partial charge in [0.15, 0.2) is 0 Å². The molecule has 4 aromatic rings. The van der Waals surface area contributed by atoms with Crippen LogP contribution in [0.5, 0.6) is 0 Å². The van der Waals surface area contributed by atoms with E-state index in [1.165, 1.54) is 44.5 Å². The largest absolute Gasteiger partial charge is 2.00 e. The Morgan fingerprint density at radius 1 is 0.517 bits per heavy atom. The van der Waals surface area contributed by atoms with Crippen molar-refractivity contribution in [3.05, 3.63) is 131 Å². The van der Waals surface area contributed by atoms with Crippen LogP contribution in [0.25, 0.3) is 22.5 Å². The second kappa shape index (κ2) is 28.5. The number of thioether (sulfide) groups is 1. The first-order chi connectivity index (χ1) is 26.0. The van der Waals surface area contributed by atoms with Crippen LogP contribution in [0.2, 0.25) is 19.6 Å². The summed E-state index contributed by atoms with van der Waals surface area (Å²) < 4.78 is 0. The molecule has 0 saturated heterocycles. The SMILES string of the molecule is CC(C)c1cc(C(C)C)c(-c2cccc([CH-]P)n2)c(C(C)C)c1.CC(C)c1cc(C(C)C)c(-c2cccc([CH-]P)n2)c(C(C)C)c1.[CH2-]SC(C)C.[CH2-][Si](C)(C)C.[Fe+2].[Fe+2]. The number of pyridine rings is 2. The predicted molar refractivity (Wildman–Crippen MR) is 267 cm³/mol. The van der Waals surface area contributed by atoms with Crippen LogP contribution in [0.4, 0.5) is 0 Å². The maximum absolute atomic E-state index is 4.85. The van der Waals surface area contributed by atoms with Crippen LogP contribution >= 0.6 is 30.2 Å². The summed E-state index contributed by atoms with van der Waals surface area (Å²) in [4.78, 5) is 9.69. The molecule has 0 aliphatic carbocycles. The van der Waals surface area contributed by atoms with E-state index in [4.69, 9.17) is 9.97 Å². The molecule has 2 heterocycles. The monoisotopic (exact) mass is 940 g/mol. The fourth-order valence-electron chi connectivity index (χ4n) is 5.87. The molecule has 4 rings (SSSR count). The normalized spacial score (nSPS) is 11.0. The van der Waals surface area contributed by atoms with Gasteiger partial charge in [-0.05, 0) is 74.1 Å². The number of hydrogen-bond acceptors (Lipinski definition) is 3. The molecule has 0 spiro atoms. The standard InChI is InChI=1S/2C21H29NP.C4H9S.C4H11Si.2Fe/c2*1-13(2)16-10-18(14(3)4)21(19(11-16)15(5)6)20-9-7-8-17(12-23)22-20;1-4(2)5-3;1-5(2,3)4;;/h2*7-15H,23H2,1-6H3;4H,3H2,1-2H3;1H2,2-4H3;;/q4*-1;2*+2. The Kier molecular flexibility index (Phi) is 29.0. The molecule has 0 aliphatic rings. The summed E-state index contributed by atoms with van der Waals surface area (Å²) in [5.41, 5.74) is 15.3. The van der Waals surface area contributed by atoms with Crippen LogP contribution in [0, 0.1) is 25.1 Å². The minimum absolute atomic E-state index is 0. The summed E-state index contributed by atoms with van der Waals surface area (Å²) in [6.07, 6.45) is 7.57. The van der Waals surface area contributed by atoms with Crippen molar-refractivity contribution < 1.29 is 34.1 Å². The first kappa shape index (κ1) is 59.0. The molecule has 8 heteroatoms. The molecule has 2 atom stereocenters. The van der Waals surface area contributed by atoms with Crippen LogP contribution in [-0.4, -0.2) is 23.3 Å². The van der Waals surface area contributed by atoms with Gasteiger partial charge in [0, 0.05) is 11.1 Å². The Morgan fingerprint density at radius 3 is 0.931 bits per heavy atom. The minimum Gasteiger partial charge on any atom is -0.352 e. The molecule has 0 aliphatic heterocycles. The van der Waals surface area contributed by atoms with E-state index in [1.54, 1.807) is 11.8 Å². The van der Waals surface area contributed by atoms with E-state index in [-0.39, 0.29) is 34.1 Å². The van der Waals surface area contributed by atoms with E-state index in [1.807, 2.05) is 24.5 Å². The smallest absolute Gasteiger partial charge is 0.352 e. The van der Waals surface area contributed by atoms with Gasteiger partial charge in [0.2, 0.25) is 0 Å². The molecular formula is C50H78Fe2N2P2SSi. The molecule has 0 amide bonds. The molecule has 0 fully saturated rings. The van der Waals surface area contributed by atoms with E-state index in [9.17, 15) is 0 Å². The number of nitrogens with zero attached hydrogens (tertiary/aromatic N) is 2. The van der Waals surface area contributed by atoms with Gasteiger partial charge < -0.3 is 18.3 Å². The molecule has 58 heavy (non-hydrogen) atoms. The zero-order valence-electron chi connectivity index (χ0n) is 39.0. The first-order valence-corrected chi connectivity index (χ1v) is 26.7. The molecule has 2 aromatic heterocycles. The summed E-state index contributed by atoms with van der Waals surface area (Å²) in [7, 11) is 4.43. The quantitative estimate of drug-likeness (QED) is 0.0851. The van der Waals surface area contributed by atoms with Crippen LogP contribution in [0.3, 0.4) is 0 Å². The summed E-state index contributed by atoms with van der Waals surface area (Å²) >= 11 is 1.63. The third-order valence-electron chi connectivity index (χ3n) is 8.99. The number of aromatic nitrogens is 2. The van der Waals surface area contributed by atoms with Gasteiger partial charge in [-0.3, -0.25) is 16.2 Å². The number of rotatable bonds is 11. The van der Waals surface area contributed by atoms with Crippen LogP contribution in [-0.2, 0) is 34.1 Å². The number of hydrogen-bond donors (Lipinski definition) is 0. The van der Waals surface area contributed by atoms with Crippen LogP contribution < -0.4 is 0 Å². The molecule has 0 bridgehead atoms. The first-order valence-electron chi connectivity index (χ1n) is 20.6. The summed E-state index contributed by atoms with van der Waals surface area (Å²) in [6, 6.07) is 22.1. The van der Waals surface area contributed by atoms with E-state index in [0.717, 1.165) is 22.8 Å². The van der Waals surface area contributed by atoms with Gasteiger partial charge >= 0.3 is 34.1 Å². The number of benzene rings is 2. The van der Waals surface area contributed by atoms with Gasteiger partial charge in [0.25, 0.3) is 0 Å². The van der Waals surface area contributed by atoms with Crippen molar-refractivity contribution in [2.24, 2.45) is 0 Å². The summed E-state index contributed by atoms with van der Waals surface area (Å²) in [6.45, 7) is 42.1. The van der Waals surface area contributed by atoms with Crippen molar-refractivity contribution in [1.29, 1.82) is 0 Å². The van der Waals surface area contributed by atoms with Crippen molar-refractivity contribution in [2.45, 2.75) is 157 Å². The van der Waals surface area contributed by atoms with Crippen molar-refractivity contribution in [2.75, 3.05) is 0 Å². The van der Waals surface area contributed by atoms with Crippen LogP contribution in [0.1, 0.15) is 177 Å². The second-order valence-corrected chi connectivity index (χ2v) is 25.1. The molecule has 0 radical (unpaired) electrons. The molecule has 2 nitrogen and oxygen atoms in total. The zero-order valence-corrected chi connectivity index (χ0v) is 45.4. The fraction of sp³-hybridized carbons (Fsp3) is 0.480. The molecule has 324 valence electrons. The third-order valence-corrected chi connectivity index (χ3v) is 10.3. The average Bonchev–Trinajstić information content (AvgIpc) is 3.13. The Morgan fingerprint density at radius 2 is 0.759 bits per heavy atom. The topological polar surface area (TPSA) is 25.8 Å². The zero-order chi connectivity index (χ0) is 43.1. The van der Waals surface area contributed by atoms with Gasteiger partial charge in [-0.15, -0.1) is 20.2 Å². The molecule has 0 N–H and O–H groups in total. The Labute approximate surface area is 390 Å². The summed E-state index contributed by atoms with van der Waals surface area (Å²) in [5.74, 6) is 2.99. The molecule has 2 unspecified atom stereocenters. The van der Waals surface area contributed by atoms with E-state index < -0.39 is 8.07 Å². The Bertz CT molecular complexity index is 1580. The van der Waals surface area contributed by atoms with Crippen molar-refractivity contribution >= 4 is 38.3 Å². The molecule has 0 saturated carbocycles. The van der Waals surface area contributed by atoms with Crippen molar-refractivity contribution in [3.8, 4) is 22.5 Å². The third kappa shape index (κ3) is 20.2. The van der Waals surface area contributed by atoms with Gasteiger partial charge in [-0.2, -0.15) is 42.9 Å². The maximum Gasteiger partial charge on any atom is 2.00 e. The van der Waals surface area contributed by atoms with E-state index in [2.05, 4.69) is 196 Å². The fourth-order valence-corrected chi connectivity index (χ4v) is 6.24. The van der Waals surface area contributed by atoms with E-state index in [0.29, 0.717) is 40.8 Å². The van der Waals surface area contributed by atoms with Gasteiger partial charge in [0.05, 0.1) is 11.4 Å². The van der Waals surface area contributed by atoms with Crippen molar-refractivity contribution in [1.82, 2.24) is 9.97 Å². The Hall–Kier alpha value is -1.05.